The fraction of sp³-hybridized carbons (Fsp3) is 0.565. The largest absolute Gasteiger partial charge is 0.390 e. The Morgan fingerprint density at radius 2 is 1.77 bits per heavy atom. The van der Waals surface area contributed by atoms with Crippen LogP contribution >= 0.6 is 11.3 Å². The smallest absolute Gasteiger partial charge is 0.225 e. The van der Waals surface area contributed by atoms with Crippen LogP contribution in [0.4, 0.5) is 11.8 Å². The topological polar surface area (TPSA) is 150 Å². The Kier molecular flexibility index (Phi) is 6.19. The second kappa shape index (κ2) is 8.91. The predicted molar refractivity (Wildman–Crippen MR) is 137 cm³/mol. The quantitative estimate of drug-likeness (QED) is 0.366. The Labute approximate surface area is 208 Å². The van der Waals surface area contributed by atoms with Crippen molar-refractivity contribution >= 4 is 43.2 Å². The number of fused-ring (bicyclic) bond motifs is 1. The highest BCUT2D eigenvalue weighted by Crippen LogP contribution is 2.39. The van der Waals surface area contributed by atoms with Gasteiger partial charge in [0.2, 0.25) is 5.95 Å². The Morgan fingerprint density at radius 1 is 1.03 bits per heavy atom. The summed E-state index contributed by atoms with van der Waals surface area (Å²) in [4.78, 5) is 18.8. The van der Waals surface area contributed by atoms with E-state index in [0.29, 0.717) is 24.2 Å². The molecule has 0 bridgehead atoms. The monoisotopic (exact) mass is 518 g/mol. The molecule has 10 nitrogen and oxygen atoms in total. The number of pyridine rings is 1. The molecule has 12 heteroatoms. The number of aliphatic hydroxyl groups is 2. The van der Waals surface area contributed by atoms with E-state index in [4.69, 9.17) is 9.97 Å². The molecule has 0 amide bonds. The van der Waals surface area contributed by atoms with Crippen LogP contribution in [0, 0.1) is 26.7 Å². The highest BCUT2D eigenvalue weighted by Gasteiger charge is 2.43. The van der Waals surface area contributed by atoms with E-state index in [-0.39, 0.29) is 5.75 Å². The van der Waals surface area contributed by atoms with Crippen molar-refractivity contribution in [3.8, 4) is 10.6 Å². The van der Waals surface area contributed by atoms with Crippen molar-refractivity contribution in [2.75, 3.05) is 22.6 Å². The van der Waals surface area contributed by atoms with Crippen LogP contribution in [0.2, 0.25) is 0 Å². The fourth-order valence-electron chi connectivity index (χ4n) is 4.74. The number of hydrogen-bond donors (Lipinski definition) is 4. The van der Waals surface area contributed by atoms with Crippen molar-refractivity contribution in [1.29, 1.82) is 0 Å². The molecule has 0 unspecified atom stereocenters. The van der Waals surface area contributed by atoms with Gasteiger partial charge < -0.3 is 20.8 Å². The highest BCUT2D eigenvalue weighted by molar-refractivity contribution is 7.90. The molecule has 0 aliphatic heterocycles. The third-order valence-electron chi connectivity index (χ3n) is 6.54. The lowest BCUT2D eigenvalue weighted by atomic mass is 10.1. The van der Waals surface area contributed by atoms with E-state index in [9.17, 15) is 18.6 Å². The molecule has 0 aromatic carbocycles. The summed E-state index contributed by atoms with van der Waals surface area (Å²) in [5.74, 6) is 0.244. The molecular formula is C23H30N6O4S2. The van der Waals surface area contributed by atoms with Crippen molar-refractivity contribution < 1.29 is 18.6 Å². The van der Waals surface area contributed by atoms with Crippen molar-refractivity contribution in [2.45, 2.75) is 64.3 Å². The molecule has 5 rings (SSSR count). The SMILES string of the molecule is Cc1cc2sc(-c3c(C)nc(NC4CC4)nc3N[C@@H]3C[C@H](CS(C)(=O)=O)[C@@H](O)[C@H]3O)nc2c(C)n1. The van der Waals surface area contributed by atoms with Gasteiger partial charge in [0, 0.05) is 23.9 Å². The number of sulfone groups is 1. The maximum Gasteiger partial charge on any atom is 0.225 e. The van der Waals surface area contributed by atoms with Crippen molar-refractivity contribution in [1.82, 2.24) is 19.9 Å². The fourth-order valence-corrected chi connectivity index (χ4v) is 7.06. The molecular weight excluding hydrogens is 488 g/mol. The van der Waals surface area contributed by atoms with Crippen LogP contribution in [-0.2, 0) is 9.84 Å². The van der Waals surface area contributed by atoms with Gasteiger partial charge >= 0.3 is 0 Å². The van der Waals surface area contributed by atoms with Crippen LogP contribution in [0.25, 0.3) is 20.8 Å². The summed E-state index contributed by atoms with van der Waals surface area (Å²) in [5.41, 5.74) is 4.04. The van der Waals surface area contributed by atoms with Gasteiger partial charge in [0.15, 0.2) is 0 Å². The van der Waals surface area contributed by atoms with Gasteiger partial charge in [-0.05, 0) is 46.1 Å². The van der Waals surface area contributed by atoms with Crippen LogP contribution in [0.15, 0.2) is 6.07 Å². The molecule has 3 aromatic heterocycles. The van der Waals surface area contributed by atoms with E-state index < -0.39 is 34.0 Å². The third kappa shape index (κ3) is 5.11. The van der Waals surface area contributed by atoms with E-state index in [1.54, 1.807) is 0 Å². The minimum atomic E-state index is -3.30. The Bertz CT molecular complexity index is 1390. The van der Waals surface area contributed by atoms with E-state index in [1.807, 2.05) is 26.8 Å². The average Bonchev–Trinajstić information content (AvgIpc) is 3.40. The standard InChI is InChI=1S/C23H30N6O4S2/c1-10-7-16-18(12(3)24-10)28-22(34-16)17-11(2)25-23(26-14-5-6-14)29-21(17)27-15-8-13(9-35(4,32)33)19(30)20(15)31/h7,13-15,19-20,30-31H,5-6,8-9H2,1-4H3,(H2,25,26,27,29)/t13-,15-,19-,20+/m1/s1. The van der Waals surface area contributed by atoms with Crippen molar-refractivity contribution in [3.05, 3.63) is 23.1 Å². The first-order valence-corrected chi connectivity index (χ1v) is 14.6. The molecule has 2 saturated carbocycles. The molecule has 188 valence electrons. The van der Waals surface area contributed by atoms with E-state index >= 15 is 0 Å². The minimum Gasteiger partial charge on any atom is -0.390 e. The summed E-state index contributed by atoms with van der Waals surface area (Å²) in [7, 11) is -3.30. The number of aliphatic hydroxyl groups excluding tert-OH is 2. The second-order valence-corrected chi connectivity index (χ2v) is 13.0. The second-order valence-electron chi connectivity index (χ2n) is 9.81. The summed E-state index contributed by atoms with van der Waals surface area (Å²) in [6, 6.07) is 1.78. The molecule has 4 atom stereocenters. The van der Waals surface area contributed by atoms with Gasteiger partial charge in [-0.3, -0.25) is 4.98 Å². The van der Waals surface area contributed by atoms with Gasteiger partial charge in [-0.1, -0.05) is 0 Å². The number of hydrogen-bond acceptors (Lipinski definition) is 11. The zero-order valence-corrected chi connectivity index (χ0v) is 21.7. The Morgan fingerprint density at radius 3 is 2.46 bits per heavy atom. The maximum absolute atomic E-state index is 11.8. The van der Waals surface area contributed by atoms with Gasteiger partial charge in [-0.25, -0.2) is 18.4 Å². The molecule has 4 N–H and O–H groups in total. The van der Waals surface area contributed by atoms with Gasteiger partial charge in [0.1, 0.15) is 32.3 Å². The van der Waals surface area contributed by atoms with Crippen LogP contribution in [0.1, 0.15) is 36.3 Å². The lowest BCUT2D eigenvalue weighted by Crippen LogP contribution is -2.36. The van der Waals surface area contributed by atoms with Crippen molar-refractivity contribution in [3.63, 3.8) is 0 Å². The lowest BCUT2D eigenvalue weighted by Gasteiger charge is -2.21. The first-order chi connectivity index (χ1) is 16.5. The molecule has 0 radical (unpaired) electrons. The van der Waals surface area contributed by atoms with E-state index in [1.165, 1.54) is 11.3 Å². The van der Waals surface area contributed by atoms with Gasteiger partial charge in [-0.2, -0.15) is 4.98 Å². The third-order valence-corrected chi connectivity index (χ3v) is 8.59. The first-order valence-electron chi connectivity index (χ1n) is 11.7. The van der Waals surface area contributed by atoms with Gasteiger partial charge in [-0.15, -0.1) is 11.3 Å². The number of nitrogens with zero attached hydrogens (tertiary/aromatic N) is 4. The first kappa shape index (κ1) is 24.3. The molecule has 2 fully saturated rings. The number of thiazole rings is 1. The molecule has 3 heterocycles. The minimum absolute atomic E-state index is 0.183. The molecule has 2 aliphatic rings. The maximum atomic E-state index is 11.8. The van der Waals surface area contributed by atoms with Crippen LogP contribution in [0.5, 0.6) is 0 Å². The van der Waals surface area contributed by atoms with E-state index in [0.717, 1.165) is 57.0 Å². The predicted octanol–water partition coefficient (Wildman–Crippen LogP) is 2.21. The number of anilines is 2. The molecule has 35 heavy (non-hydrogen) atoms. The molecule has 2 aliphatic carbocycles. The van der Waals surface area contributed by atoms with Crippen molar-refractivity contribution in [2.24, 2.45) is 5.92 Å². The Hall–Kier alpha value is -2.41. The van der Waals surface area contributed by atoms with Crippen LogP contribution in [-0.4, -0.2) is 74.9 Å². The lowest BCUT2D eigenvalue weighted by molar-refractivity contribution is 0.0216. The van der Waals surface area contributed by atoms with Gasteiger partial charge in [0.25, 0.3) is 0 Å². The summed E-state index contributed by atoms with van der Waals surface area (Å²) in [6.07, 6.45) is 1.30. The highest BCUT2D eigenvalue weighted by atomic mass is 32.2. The van der Waals surface area contributed by atoms with Crippen LogP contribution < -0.4 is 10.6 Å². The van der Waals surface area contributed by atoms with E-state index in [2.05, 4.69) is 20.6 Å². The molecule has 0 spiro atoms. The normalized spacial score (nSPS) is 24.7. The summed E-state index contributed by atoms with van der Waals surface area (Å²) < 4.78 is 24.7. The van der Waals surface area contributed by atoms with Gasteiger partial charge in [0.05, 0.1) is 39.5 Å². The number of nitrogens with one attached hydrogen (secondary N) is 2. The zero-order valence-electron chi connectivity index (χ0n) is 20.1. The molecule has 0 saturated heterocycles. The number of aromatic nitrogens is 4. The van der Waals surface area contributed by atoms with Crippen LogP contribution in [0.3, 0.4) is 0 Å². The average molecular weight is 519 g/mol. The summed E-state index contributed by atoms with van der Waals surface area (Å²) >= 11 is 1.52. The molecule has 3 aromatic rings. The summed E-state index contributed by atoms with van der Waals surface area (Å²) in [5, 5.41) is 28.6. The number of rotatable bonds is 7. The number of aryl methyl sites for hydroxylation is 3. The Balaban J connectivity index is 1.54. The zero-order chi connectivity index (χ0) is 25.1. The summed E-state index contributed by atoms with van der Waals surface area (Å²) in [6.45, 7) is 5.78.